The summed E-state index contributed by atoms with van der Waals surface area (Å²) in [6, 6.07) is 4.16. The van der Waals surface area contributed by atoms with Crippen LogP contribution in [0.3, 0.4) is 0 Å². The number of nitriles is 1. The Balaban J connectivity index is 3.37. The molecule has 0 aliphatic heterocycles. The molecule has 2 nitrogen and oxygen atoms in total. The van der Waals surface area contributed by atoms with E-state index in [1.54, 1.807) is 0 Å². The molecule has 0 aliphatic carbocycles. The Hall–Kier alpha value is -1.23. The summed E-state index contributed by atoms with van der Waals surface area (Å²) in [6.45, 7) is 3.94. The van der Waals surface area contributed by atoms with Crippen molar-refractivity contribution < 1.29 is 0 Å². The monoisotopic (exact) mass is 134 g/mol. The van der Waals surface area contributed by atoms with Gasteiger partial charge in [-0.2, -0.15) is 5.26 Å². The van der Waals surface area contributed by atoms with Gasteiger partial charge in [0.1, 0.15) is 11.8 Å². The van der Waals surface area contributed by atoms with Gasteiger partial charge in [-0.25, -0.2) is 0 Å². The van der Waals surface area contributed by atoms with Crippen molar-refractivity contribution in [2.24, 2.45) is 7.05 Å². The van der Waals surface area contributed by atoms with Crippen molar-refractivity contribution in [2.45, 2.75) is 13.8 Å². The molecular formula is C8H10N2. The number of hydrogen-bond acceptors (Lipinski definition) is 1. The molecule has 2 heteroatoms. The highest BCUT2D eigenvalue weighted by molar-refractivity contribution is 5.35. The van der Waals surface area contributed by atoms with E-state index < -0.39 is 0 Å². The lowest BCUT2D eigenvalue weighted by Gasteiger charge is -1.95. The van der Waals surface area contributed by atoms with Gasteiger partial charge in [0, 0.05) is 12.7 Å². The smallest absolute Gasteiger partial charge is 0.123 e. The second-order valence-corrected chi connectivity index (χ2v) is 2.49. The normalized spacial score (nSPS) is 9.40. The fourth-order valence-electron chi connectivity index (χ4n) is 1.08. The minimum atomic E-state index is 0.762. The highest BCUT2D eigenvalue weighted by atomic mass is 14.9. The second kappa shape index (κ2) is 2.18. The summed E-state index contributed by atoms with van der Waals surface area (Å²) in [5, 5.41) is 8.64. The number of rotatable bonds is 0. The zero-order valence-corrected chi connectivity index (χ0v) is 6.47. The zero-order chi connectivity index (χ0) is 7.72. The Bertz CT molecular complexity index is 289. The molecule has 0 atom stereocenters. The quantitative estimate of drug-likeness (QED) is 0.528. The molecule has 0 bridgehead atoms. The highest BCUT2D eigenvalue weighted by Gasteiger charge is 2.03. The molecule has 0 aromatic carbocycles. The van der Waals surface area contributed by atoms with Crippen LogP contribution in [0.4, 0.5) is 0 Å². The van der Waals surface area contributed by atoms with Gasteiger partial charge in [0.2, 0.25) is 0 Å². The molecule has 0 fully saturated rings. The van der Waals surface area contributed by atoms with E-state index in [0.29, 0.717) is 0 Å². The van der Waals surface area contributed by atoms with Gasteiger partial charge in [0.25, 0.3) is 0 Å². The van der Waals surface area contributed by atoms with Crippen LogP contribution < -0.4 is 0 Å². The first-order valence-corrected chi connectivity index (χ1v) is 3.20. The summed E-state index contributed by atoms with van der Waals surface area (Å²) >= 11 is 0. The average molecular weight is 134 g/mol. The first-order valence-electron chi connectivity index (χ1n) is 3.20. The van der Waals surface area contributed by atoms with Gasteiger partial charge in [-0.05, 0) is 25.5 Å². The summed E-state index contributed by atoms with van der Waals surface area (Å²) in [6.07, 6.45) is 0. The molecule has 0 radical (unpaired) electrons. The van der Waals surface area contributed by atoms with E-state index in [-0.39, 0.29) is 0 Å². The molecule has 0 saturated heterocycles. The summed E-state index contributed by atoms with van der Waals surface area (Å²) in [4.78, 5) is 0. The fourth-order valence-corrected chi connectivity index (χ4v) is 1.08. The van der Waals surface area contributed by atoms with E-state index >= 15 is 0 Å². The van der Waals surface area contributed by atoms with E-state index in [9.17, 15) is 0 Å². The van der Waals surface area contributed by atoms with Crippen LogP contribution in [0.1, 0.15) is 17.0 Å². The maximum absolute atomic E-state index is 8.64. The fraction of sp³-hybridized carbons (Fsp3) is 0.375. The molecule has 0 amide bonds. The molecule has 0 spiro atoms. The molecule has 1 aromatic rings. The van der Waals surface area contributed by atoms with Crippen molar-refractivity contribution in [1.82, 2.24) is 4.57 Å². The standard InChI is InChI=1S/C8H10N2/c1-6-4-7(2)10(3)8(6)5-9/h4H,1-3H3. The van der Waals surface area contributed by atoms with E-state index in [0.717, 1.165) is 17.0 Å². The van der Waals surface area contributed by atoms with Crippen LogP contribution >= 0.6 is 0 Å². The largest absolute Gasteiger partial charge is 0.340 e. The Labute approximate surface area is 60.7 Å². The lowest BCUT2D eigenvalue weighted by molar-refractivity contribution is 0.863. The summed E-state index contributed by atoms with van der Waals surface area (Å²) in [5.74, 6) is 0. The van der Waals surface area contributed by atoms with Gasteiger partial charge in [-0.15, -0.1) is 0 Å². The third-order valence-corrected chi connectivity index (χ3v) is 1.77. The van der Waals surface area contributed by atoms with Gasteiger partial charge in [0.15, 0.2) is 0 Å². The molecule has 10 heavy (non-hydrogen) atoms. The summed E-state index contributed by atoms with van der Waals surface area (Å²) < 4.78 is 1.90. The molecule has 0 unspecified atom stereocenters. The lowest BCUT2D eigenvalue weighted by Crippen LogP contribution is -1.93. The van der Waals surface area contributed by atoms with Crippen LogP contribution in [-0.2, 0) is 7.05 Å². The van der Waals surface area contributed by atoms with Crippen molar-refractivity contribution in [3.63, 3.8) is 0 Å². The van der Waals surface area contributed by atoms with Crippen molar-refractivity contribution in [3.05, 3.63) is 23.0 Å². The van der Waals surface area contributed by atoms with Crippen LogP contribution in [0, 0.1) is 25.2 Å². The van der Waals surface area contributed by atoms with E-state index in [1.807, 2.05) is 31.5 Å². The lowest BCUT2D eigenvalue weighted by atomic mass is 10.3. The SMILES string of the molecule is Cc1cc(C)n(C)c1C#N. The first kappa shape index (κ1) is 6.88. The van der Waals surface area contributed by atoms with E-state index in [4.69, 9.17) is 5.26 Å². The van der Waals surface area contributed by atoms with Gasteiger partial charge in [0.05, 0.1) is 0 Å². The summed E-state index contributed by atoms with van der Waals surface area (Å²) in [7, 11) is 1.90. The third kappa shape index (κ3) is 0.801. The van der Waals surface area contributed by atoms with Crippen LogP contribution in [0.5, 0.6) is 0 Å². The minimum Gasteiger partial charge on any atom is -0.340 e. The maximum atomic E-state index is 8.64. The van der Waals surface area contributed by atoms with Gasteiger partial charge in [-0.1, -0.05) is 0 Å². The maximum Gasteiger partial charge on any atom is 0.123 e. The van der Waals surface area contributed by atoms with Crippen LogP contribution in [0.2, 0.25) is 0 Å². The van der Waals surface area contributed by atoms with Gasteiger partial charge < -0.3 is 4.57 Å². The Kier molecular flexibility index (Phi) is 1.50. The molecule has 1 aromatic heterocycles. The number of nitrogens with zero attached hydrogens (tertiary/aromatic N) is 2. The van der Waals surface area contributed by atoms with Crippen molar-refractivity contribution >= 4 is 0 Å². The molecule has 0 N–H and O–H groups in total. The van der Waals surface area contributed by atoms with Crippen LogP contribution in [0.25, 0.3) is 0 Å². The zero-order valence-electron chi connectivity index (χ0n) is 6.47. The first-order chi connectivity index (χ1) is 4.66. The van der Waals surface area contributed by atoms with Crippen LogP contribution in [0.15, 0.2) is 6.07 Å². The van der Waals surface area contributed by atoms with Gasteiger partial charge >= 0.3 is 0 Å². The average Bonchev–Trinajstić information content (AvgIpc) is 2.09. The summed E-state index contributed by atoms with van der Waals surface area (Å²) in [5.41, 5.74) is 2.95. The van der Waals surface area contributed by atoms with Gasteiger partial charge in [-0.3, -0.25) is 0 Å². The Morgan fingerprint density at radius 3 is 2.30 bits per heavy atom. The third-order valence-electron chi connectivity index (χ3n) is 1.77. The number of hydrogen-bond donors (Lipinski definition) is 0. The predicted octanol–water partition coefficient (Wildman–Crippen LogP) is 1.51. The molecule has 1 heterocycles. The predicted molar refractivity (Wildman–Crippen MR) is 39.6 cm³/mol. The molecule has 52 valence electrons. The Morgan fingerprint density at radius 2 is 2.10 bits per heavy atom. The number of aromatic nitrogens is 1. The topological polar surface area (TPSA) is 28.7 Å². The Morgan fingerprint density at radius 1 is 1.50 bits per heavy atom. The molecule has 0 saturated carbocycles. The second-order valence-electron chi connectivity index (χ2n) is 2.49. The van der Waals surface area contributed by atoms with Crippen LogP contribution in [-0.4, -0.2) is 4.57 Å². The molecular weight excluding hydrogens is 124 g/mol. The number of aryl methyl sites for hydroxylation is 2. The van der Waals surface area contributed by atoms with Crippen molar-refractivity contribution in [1.29, 1.82) is 5.26 Å². The minimum absolute atomic E-state index is 0.762. The molecule has 0 aliphatic rings. The highest BCUT2D eigenvalue weighted by Crippen LogP contribution is 2.10. The van der Waals surface area contributed by atoms with Crippen molar-refractivity contribution in [3.8, 4) is 6.07 Å². The molecule has 1 rings (SSSR count). The van der Waals surface area contributed by atoms with E-state index in [2.05, 4.69) is 6.07 Å². The van der Waals surface area contributed by atoms with E-state index in [1.165, 1.54) is 0 Å². The van der Waals surface area contributed by atoms with Crippen molar-refractivity contribution in [2.75, 3.05) is 0 Å².